The van der Waals surface area contributed by atoms with Crippen LogP contribution in [0.2, 0.25) is 0 Å². The number of halogens is 1. The number of carbonyl (C=O) groups is 1. The molecule has 1 atom stereocenters. The molecule has 172 valence electrons. The fourth-order valence-electron chi connectivity index (χ4n) is 4.55. The van der Waals surface area contributed by atoms with Gasteiger partial charge in [0, 0.05) is 30.5 Å². The summed E-state index contributed by atoms with van der Waals surface area (Å²) in [7, 11) is 1.51. The lowest BCUT2D eigenvalue weighted by Gasteiger charge is -2.24. The quantitative estimate of drug-likeness (QED) is 0.459. The summed E-state index contributed by atoms with van der Waals surface area (Å²) in [6.07, 6.45) is 2.83. The molecule has 33 heavy (non-hydrogen) atoms. The van der Waals surface area contributed by atoms with E-state index in [0.29, 0.717) is 29.1 Å². The van der Waals surface area contributed by atoms with Crippen molar-refractivity contribution < 1.29 is 23.8 Å². The number of nitrogens with one attached hydrogen (secondary N) is 2. The number of hydrogen-bond donors (Lipinski definition) is 3. The summed E-state index contributed by atoms with van der Waals surface area (Å²) in [6, 6.07) is 12.4. The SMILES string of the molecule is COC(O)C1(NCc2ccc(C3=C/C(=C4\C(=O)Nc5ccc(F)cc54)OC3(C)C)cc2)CC1. The minimum absolute atomic E-state index is 0.299. The van der Waals surface area contributed by atoms with Crippen molar-refractivity contribution in [2.75, 3.05) is 12.4 Å². The average Bonchev–Trinajstić information content (AvgIpc) is 3.42. The summed E-state index contributed by atoms with van der Waals surface area (Å²) in [5.74, 6) is -0.264. The van der Waals surface area contributed by atoms with E-state index in [4.69, 9.17) is 9.47 Å². The molecule has 1 fully saturated rings. The second-order valence-corrected chi connectivity index (χ2v) is 9.35. The standard InChI is InChI=1S/C26H27FN2O4/c1-25(2)19(13-21(33-25)22-18-12-17(27)8-9-20(18)29-23(22)30)16-6-4-15(5-7-16)14-28-26(10-11-26)24(31)32-3/h4-9,12-13,24,28,31H,10-11,14H2,1-3H3,(H,29,30)/b22-21+. The number of amides is 1. The molecular formula is C26H27FN2O4. The van der Waals surface area contributed by atoms with Crippen molar-refractivity contribution in [2.24, 2.45) is 0 Å². The van der Waals surface area contributed by atoms with Crippen LogP contribution in [-0.2, 0) is 20.8 Å². The molecule has 6 nitrogen and oxygen atoms in total. The monoisotopic (exact) mass is 450 g/mol. The van der Waals surface area contributed by atoms with Gasteiger partial charge in [-0.1, -0.05) is 24.3 Å². The van der Waals surface area contributed by atoms with Gasteiger partial charge in [0.15, 0.2) is 6.29 Å². The molecule has 0 bridgehead atoms. The molecule has 7 heteroatoms. The lowest BCUT2D eigenvalue weighted by Crippen LogP contribution is -2.42. The summed E-state index contributed by atoms with van der Waals surface area (Å²) >= 11 is 0. The highest BCUT2D eigenvalue weighted by molar-refractivity contribution is 6.32. The van der Waals surface area contributed by atoms with Crippen molar-refractivity contribution >= 4 is 22.7 Å². The van der Waals surface area contributed by atoms with Crippen LogP contribution in [0.1, 0.15) is 43.4 Å². The lowest BCUT2D eigenvalue weighted by molar-refractivity contribution is -0.111. The zero-order chi connectivity index (χ0) is 23.4. The molecule has 3 aliphatic rings. The average molecular weight is 451 g/mol. The Morgan fingerprint density at radius 3 is 2.61 bits per heavy atom. The van der Waals surface area contributed by atoms with E-state index in [2.05, 4.69) is 10.6 Å². The molecule has 2 aliphatic heterocycles. The zero-order valence-corrected chi connectivity index (χ0v) is 18.9. The van der Waals surface area contributed by atoms with E-state index >= 15 is 0 Å². The third-order valence-electron chi connectivity index (χ3n) is 6.66. The van der Waals surface area contributed by atoms with Crippen molar-refractivity contribution in [3.05, 3.63) is 76.8 Å². The number of methoxy groups -OCH3 is 1. The van der Waals surface area contributed by atoms with Gasteiger partial charge in [-0.25, -0.2) is 4.39 Å². The minimum atomic E-state index is -0.809. The Kier molecular flexibility index (Phi) is 5.16. The van der Waals surface area contributed by atoms with Crippen LogP contribution in [0.25, 0.3) is 11.1 Å². The largest absolute Gasteiger partial charge is 0.482 e. The molecule has 0 saturated heterocycles. The fraction of sp³-hybridized carbons (Fsp3) is 0.346. The number of ether oxygens (including phenoxy) is 2. The van der Waals surface area contributed by atoms with Crippen molar-refractivity contribution in [1.82, 2.24) is 5.32 Å². The molecule has 1 unspecified atom stereocenters. The third kappa shape index (κ3) is 3.86. The molecule has 0 spiro atoms. The van der Waals surface area contributed by atoms with Gasteiger partial charge >= 0.3 is 0 Å². The summed E-state index contributed by atoms with van der Waals surface area (Å²) in [5.41, 5.74) is 3.44. The maximum Gasteiger partial charge on any atom is 0.260 e. The molecule has 1 saturated carbocycles. The van der Waals surface area contributed by atoms with E-state index in [1.54, 1.807) is 6.07 Å². The molecule has 2 aromatic carbocycles. The summed E-state index contributed by atoms with van der Waals surface area (Å²) in [4.78, 5) is 12.6. The molecular weight excluding hydrogens is 423 g/mol. The maximum atomic E-state index is 13.8. The number of fused-ring (bicyclic) bond motifs is 1. The number of hydrogen-bond acceptors (Lipinski definition) is 5. The van der Waals surface area contributed by atoms with Crippen molar-refractivity contribution in [3.63, 3.8) is 0 Å². The number of anilines is 1. The second kappa shape index (κ2) is 7.80. The number of allylic oxidation sites excluding steroid dienone is 1. The first kappa shape index (κ1) is 21.8. The maximum absolute atomic E-state index is 13.8. The smallest absolute Gasteiger partial charge is 0.260 e. The number of benzene rings is 2. The summed E-state index contributed by atoms with van der Waals surface area (Å²) < 4.78 is 25.1. The molecule has 1 aliphatic carbocycles. The van der Waals surface area contributed by atoms with Gasteiger partial charge in [-0.2, -0.15) is 0 Å². The van der Waals surface area contributed by atoms with Crippen LogP contribution >= 0.6 is 0 Å². The predicted octanol–water partition coefficient (Wildman–Crippen LogP) is 3.97. The van der Waals surface area contributed by atoms with Crippen LogP contribution in [0.5, 0.6) is 0 Å². The van der Waals surface area contributed by atoms with E-state index < -0.39 is 17.7 Å². The van der Waals surface area contributed by atoms with Crippen molar-refractivity contribution in [1.29, 1.82) is 0 Å². The van der Waals surface area contributed by atoms with Crippen LogP contribution in [0, 0.1) is 5.82 Å². The summed E-state index contributed by atoms with van der Waals surface area (Å²) in [6.45, 7) is 4.52. The Balaban J connectivity index is 1.40. The van der Waals surface area contributed by atoms with E-state index in [1.807, 2.05) is 44.2 Å². The Labute approximate surface area is 192 Å². The topological polar surface area (TPSA) is 79.8 Å². The Bertz CT molecular complexity index is 1180. The molecule has 0 radical (unpaired) electrons. The number of carbonyl (C=O) groups excluding carboxylic acids is 1. The van der Waals surface area contributed by atoms with Crippen molar-refractivity contribution in [2.45, 2.75) is 50.7 Å². The third-order valence-corrected chi connectivity index (χ3v) is 6.66. The van der Waals surface area contributed by atoms with Crippen LogP contribution in [0.4, 0.5) is 10.1 Å². The normalized spacial score (nSPS) is 22.9. The van der Waals surface area contributed by atoms with Gasteiger partial charge < -0.3 is 25.2 Å². The molecule has 2 aromatic rings. The molecule has 0 aromatic heterocycles. The van der Waals surface area contributed by atoms with Crippen LogP contribution < -0.4 is 10.6 Å². The van der Waals surface area contributed by atoms with Crippen LogP contribution in [-0.4, -0.2) is 35.6 Å². The van der Waals surface area contributed by atoms with Crippen LogP contribution in [0.15, 0.2) is 54.3 Å². The highest BCUT2D eigenvalue weighted by Crippen LogP contribution is 2.44. The van der Waals surface area contributed by atoms with Gasteiger partial charge in [0.25, 0.3) is 5.91 Å². The number of aliphatic hydroxyl groups is 1. The zero-order valence-electron chi connectivity index (χ0n) is 18.9. The van der Waals surface area contributed by atoms with E-state index in [9.17, 15) is 14.3 Å². The lowest BCUT2D eigenvalue weighted by atomic mass is 9.91. The van der Waals surface area contributed by atoms with Gasteiger partial charge in [0.1, 0.15) is 17.2 Å². The number of aliphatic hydroxyl groups excluding tert-OH is 1. The fourth-order valence-corrected chi connectivity index (χ4v) is 4.55. The van der Waals surface area contributed by atoms with Crippen LogP contribution in [0.3, 0.4) is 0 Å². The molecule has 1 amide bonds. The Morgan fingerprint density at radius 2 is 1.94 bits per heavy atom. The first-order valence-corrected chi connectivity index (χ1v) is 11.0. The second-order valence-electron chi connectivity index (χ2n) is 9.35. The molecule has 3 N–H and O–H groups in total. The van der Waals surface area contributed by atoms with E-state index in [1.165, 1.54) is 19.2 Å². The van der Waals surface area contributed by atoms with E-state index in [-0.39, 0.29) is 11.4 Å². The highest BCUT2D eigenvalue weighted by atomic mass is 19.1. The minimum Gasteiger partial charge on any atom is -0.482 e. The predicted molar refractivity (Wildman–Crippen MR) is 123 cm³/mol. The van der Waals surface area contributed by atoms with Gasteiger partial charge in [-0.15, -0.1) is 0 Å². The first-order chi connectivity index (χ1) is 15.7. The highest BCUT2D eigenvalue weighted by Gasteiger charge is 2.49. The Hall–Kier alpha value is -3.00. The van der Waals surface area contributed by atoms with Gasteiger partial charge in [-0.05, 0) is 62.1 Å². The van der Waals surface area contributed by atoms with Gasteiger partial charge in [0.05, 0.1) is 11.1 Å². The summed E-state index contributed by atoms with van der Waals surface area (Å²) in [5, 5.41) is 16.2. The van der Waals surface area contributed by atoms with E-state index in [0.717, 1.165) is 29.5 Å². The molecule has 2 heterocycles. The van der Waals surface area contributed by atoms with Crippen molar-refractivity contribution in [3.8, 4) is 0 Å². The molecule has 5 rings (SSSR count). The first-order valence-electron chi connectivity index (χ1n) is 11.0. The van der Waals surface area contributed by atoms with Gasteiger partial charge in [0.2, 0.25) is 0 Å². The Morgan fingerprint density at radius 1 is 1.21 bits per heavy atom. The van der Waals surface area contributed by atoms with Gasteiger partial charge in [-0.3, -0.25) is 4.79 Å². The number of rotatable bonds is 6.